The molecule has 0 bridgehead atoms. The number of rotatable bonds is 4. The molecule has 4 heterocycles. The third-order valence-corrected chi connectivity index (χ3v) is 5.91. The van der Waals surface area contributed by atoms with Gasteiger partial charge in [0.15, 0.2) is 6.29 Å². The minimum atomic E-state index is -0.239. The number of amides is 1. The van der Waals surface area contributed by atoms with Gasteiger partial charge in [-0.3, -0.25) is 14.6 Å². The zero-order valence-corrected chi connectivity index (χ0v) is 14.7. The van der Waals surface area contributed by atoms with Crippen LogP contribution < -0.4 is 5.32 Å². The average molecular weight is 368 g/mol. The van der Waals surface area contributed by atoms with Crippen LogP contribution in [-0.4, -0.2) is 26.8 Å². The average Bonchev–Trinajstić information content (AvgIpc) is 3.30. The summed E-state index contributed by atoms with van der Waals surface area (Å²) in [6, 6.07) is 5.59. The summed E-state index contributed by atoms with van der Waals surface area (Å²) in [5.41, 5.74) is 2.35. The van der Waals surface area contributed by atoms with Crippen molar-refractivity contribution in [1.82, 2.24) is 14.6 Å². The van der Waals surface area contributed by atoms with Gasteiger partial charge in [0.2, 0.25) is 0 Å². The summed E-state index contributed by atoms with van der Waals surface area (Å²) < 4.78 is 1.69. The molecule has 0 aromatic carbocycles. The molecule has 6 nitrogen and oxygen atoms in total. The Kier molecular flexibility index (Phi) is 3.90. The Balaban J connectivity index is 1.66. The highest BCUT2D eigenvalue weighted by molar-refractivity contribution is 7.21. The molecule has 4 aromatic rings. The number of hydrogen-bond donors (Lipinski definition) is 1. The number of carbonyl (C=O) groups is 2. The predicted octanol–water partition coefficient (Wildman–Crippen LogP) is 3.89. The second-order valence-corrected chi connectivity index (χ2v) is 7.49. The molecule has 1 N–H and O–H groups in total. The van der Waals surface area contributed by atoms with Crippen LogP contribution in [-0.2, 0) is 0 Å². The molecule has 0 aliphatic heterocycles. The monoisotopic (exact) mass is 368 g/mol. The first-order valence-corrected chi connectivity index (χ1v) is 9.03. The van der Waals surface area contributed by atoms with Gasteiger partial charge in [-0.15, -0.1) is 22.7 Å². The van der Waals surface area contributed by atoms with Crippen LogP contribution >= 0.6 is 22.7 Å². The van der Waals surface area contributed by atoms with Gasteiger partial charge in [0, 0.05) is 24.2 Å². The molecule has 0 radical (unpaired) electrons. The predicted molar refractivity (Wildman–Crippen MR) is 98.7 cm³/mol. The Morgan fingerprint density at radius 1 is 1.32 bits per heavy atom. The quantitative estimate of drug-likeness (QED) is 0.555. The number of aromatic nitrogens is 3. The van der Waals surface area contributed by atoms with E-state index < -0.39 is 0 Å². The maximum absolute atomic E-state index is 12.6. The van der Waals surface area contributed by atoms with Crippen LogP contribution in [0.2, 0.25) is 0 Å². The summed E-state index contributed by atoms with van der Waals surface area (Å²) in [5, 5.41) is 7.81. The molecule has 0 atom stereocenters. The normalized spacial score (nSPS) is 10.9. The fourth-order valence-corrected chi connectivity index (χ4v) is 4.37. The third-order valence-electron chi connectivity index (χ3n) is 3.67. The number of fused-ring (bicyclic) bond motifs is 1. The second-order valence-electron chi connectivity index (χ2n) is 5.38. The molecule has 0 saturated heterocycles. The molecule has 0 fully saturated rings. The van der Waals surface area contributed by atoms with Gasteiger partial charge in [0.05, 0.1) is 26.5 Å². The van der Waals surface area contributed by atoms with E-state index >= 15 is 0 Å². The minimum absolute atomic E-state index is 0.239. The van der Waals surface area contributed by atoms with Crippen LogP contribution in [0.25, 0.3) is 15.3 Å². The first-order chi connectivity index (χ1) is 12.2. The largest absolute Gasteiger partial charge is 0.313 e. The van der Waals surface area contributed by atoms with Crippen molar-refractivity contribution < 1.29 is 9.59 Å². The van der Waals surface area contributed by atoms with Crippen molar-refractivity contribution in [2.75, 3.05) is 5.32 Å². The zero-order chi connectivity index (χ0) is 17.4. The maximum Gasteiger partial charge on any atom is 0.260 e. The zero-order valence-electron chi connectivity index (χ0n) is 13.1. The topological polar surface area (TPSA) is 76.4 Å². The molecule has 8 heteroatoms. The minimum Gasteiger partial charge on any atom is -0.313 e. The van der Waals surface area contributed by atoms with E-state index in [9.17, 15) is 9.59 Å². The smallest absolute Gasteiger partial charge is 0.260 e. The van der Waals surface area contributed by atoms with E-state index in [-0.39, 0.29) is 5.91 Å². The lowest BCUT2D eigenvalue weighted by Crippen LogP contribution is -2.10. The van der Waals surface area contributed by atoms with Crippen LogP contribution in [0.5, 0.6) is 0 Å². The van der Waals surface area contributed by atoms with Gasteiger partial charge < -0.3 is 5.32 Å². The van der Waals surface area contributed by atoms with Gasteiger partial charge in [0.1, 0.15) is 4.83 Å². The highest BCUT2D eigenvalue weighted by atomic mass is 32.1. The molecule has 1 amide bonds. The van der Waals surface area contributed by atoms with Crippen molar-refractivity contribution >= 4 is 44.7 Å². The number of carbonyl (C=O) groups excluding carboxylic acids is 2. The summed E-state index contributed by atoms with van der Waals surface area (Å²) in [4.78, 5) is 30.0. The number of pyridine rings is 1. The van der Waals surface area contributed by atoms with E-state index in [1.807, 2.05) is 25.3 Å². The molecule has 124 valence electrons. The SMILES string of the molecule is Cc1cc(C=O)sc1NC(=O)c1cnn2cc(-c3cccnc3)sc12. The number of aldehydes is 1. The Morgan fingerprint density at radius 3 is 2.92 bits per heavy atom. The molecule has 0 aliphatic rings. The lowest BCUT2D eigenvalue weighted by Gasteiger charge is -2.01. The highest BCUT2D eigenvalue weighted by Crippen LogP contribution is 2.31. The van der Waals surface area contributed by atoms with Crippen LogP contribution in [0.1, 0.15) is 25.6 Å². The molecule has 0 aliphatic carbocycles. The van der Waals surface area contributed by atoms with Crippen molar-refractivity contribution in [3.05, 3.63) is 59.0 Å². The van der Waals surface area contributed by atoms with E-state index in [4.69, 9.17) is 0 Å². The molecule has 4 aromatic heterocycles. The van der Waals surface area contributed by atoms with Crippen molar-refractivity contribution in [3.8, 4) is 10.4 Å². The number of hydrogen-bond acceptors (Lipinski definition) is 6. The van der Waals surface area contributed by atoms with E-state index in [1.165, 1.54) is 22.7 Å². The lowest BCUT2D eigenvalue weighted by molar-refractivity contribution is 0.102. The van der Waals surface area contributed by atoms with Crippen LogP contribution in [0.15, 0.2) is 43.0 Å². The number of thiophene rings is 1. The molecule has 0 spiro atoms. The standard InChI is InChI=1S/C17H12N4O2S2/c1-10-5-12(9-22)24-16(10)20-15(23)13-7-19-21-8-14(25-17(13)21)11-3-2-4-18-6-11/h2-9H,1H3,(H,20,23). The van der Waals surface area contributed by atoms with Crippen molar-refractivity contribution in [3.63, 3.8) is 0 Å². The van der Waals surface area contributed by atoms with Gasteiger partial charge in [-0.2, -0.15) is 5.10 Å². The van der Waals surface area contributed by atoms with E-state index in [2.05, 4.69) is 15.4 Å². The maximum atomic E-state index is 12.6. The molecule has 0 unspecified atom stereocenters. The summed E-state index contributed by atoms with van der Waals surface area (Å²) in [5.74, 6) is -0.239. The summed E-state index contributed by atoms with van der Waals surface area (Å²) in [7, 11) is 0. The third kappa shape index (κ3) is 2.86. The Morgan fingerprint density at radius 2 is 2.20 bits per heavy atom. The second kappa shape index (κ2) is 6.23. The van der Waals surface area contributed by atoms with Crippen LogP contribution in [0, 0.1) is 6.92 Å². The van der Waals surface area contributed by atoms with Gasteiger partial charge in [0.25, 0.3) is 5.91 Å². The van der Waals surface area contributed by atoms with Gasteiger partial charge in [-0.05, 0) is 24.6 Å². The molecule has 0 saturated carbocycles. The fraction of sp³-hybridized carbons (Fsp3) is 0.0588. The van der Waals surface area contributed by atoms with Crippen LogP contribution in [0.3, 0.4) is 0 Å². The molecular formula is C17H12N4O2S2. The lowest BCUT2D eigenvalue weighted by atomic mass is 10.2. The molecule has 4 rings (SSSR count). The Hall–Kier alpha value is -2.84. The first kappa shape index (κ1) is 15.7. The fourth-order valence-electron chi connectivity index (χ4n) is 2.44. The number of anilines is 1. The summed E-state index contributed by atoms with van der Waals surface area (Å²) in [6.45, 7) is 1.86. The Labute approximate surface area is 150 Å². The van der Waals surface area contributed by atoms with Crippen molar-refractivity contribution in [2.24, 2.45) is 0 Å². The first-order valence-electron chi connectivity index (χ1n) is 7.40. The number of thiazole rings is 1. The van der Waals surface area contributed by atoms with Crippen LogP contribution in [0.4, 0.5) is 5.00 Å². The Bertz CT molecular complexity index is 1080. The van der Waals surface area contributed by atoms with E-state index in [1.54, 1.807) is 29.2 Å². The summed E-state index contributed by atoms with van der Waals surface area (Å²) in [6.07, 6.45) is 7.72. The molecular weight excluding hydrogens is 356 g/mol. The van der Waals surface area contributed by atoms with Crippen molar-refractivity contribution in [1.29, 1.82) is 0 Å². The van der Waals surface area contributed by atoms with E-state index in [0.717, 1.165) is 27.1 Å². The van der Waals surface area contributed by atoms with Gasteiger partial charge in [-0.1, -0.05) is 6.07 Å². The number of nitrogens with one attached hydrogen (secondary N) is 1. The van der Waals surface area contributed by atoms with Gasteiger partial charge in [-0.25, -0.2) is 4.52 Å². The number of nitrogens with zero attached hydrogens (tertiary/aromatic N) is 3. The highest BCUT2D eigenvalue weighted by Gasteiger charge is 2.18. The van der Waals surface area contributed by atoms with Gasteiger partial charge >= 0.3 is 0 Å². The molecule has 25 heavy (non-hydrogen) atoms. The summed E-state index contributed by atoms with van der Waals surface area (Å²) >= 11 is 2.74. The van der Waals surface area contributed by atoms with E-state index in [0.29, 0.717) is 15.4 Å². The van der Waals surface area contributed by atoms with Crippen molar-refractivity contribution in [2.45, 2.75) is 6.92 Å². The number of aryl methyl sites for hydroxylation is 1.